The van der Waals surface area contributed by atoms with Gasteiger partial charge in [0, 0.05) is 54.4 Å². The first-order chi connectivity index (χ1) is 41.3. The van der Waals surface area contributed by atoms with Crippen molar-refractivity contribution in [1.29, 1.82) is 0 Å². The quantitative estimate of drug-likeness (QED) is 0.160. The Morgan fingerprint density at radius 1 is 0.420 bits per heavy atom. The van der Waals surface area contributed by atoms with Gasteiger partial charge in [0.15, 0.2) is 0 Å². The van der Waals surface area contributed by atoms with Crippen molar-refractivity contribution in [3.63, 3.8) is 0 Å². The molecule has 2 aliphatic heterocycles. The molecule has 0 spiro atoms. The summed E-state index contributed by atoms with van der Waals surface area (Å²) in [6.45, 7) is 43.8. The molecule has 0 fully saturated rings. The number of rotatable bonds is 5. The van der Waals surface area contributed by atoms with Crippen molar-refractivity contribution in [2.75, 3.05) is 14.7 Å². The van der Waals surface area contributed by atoms with Crippen LogP contribution in [0.15, 0.2) is 150 Å². The lowest BCUT2D eigenvalue weighted by atomic mass is 9.35. The zero-order valence-corrected chi connectivity index (χ0v) is 56.7. The van der Waals surface area contributed by atoms with Gasteiger partial charge in [-0.25, -0.2) is 0 Å². The summed E-state index contributed by atoms with van der Waals surface area (Å²) in [5.74, 6) is 0. The minimum absolute atomic E-state index is 0.00247. The minimum atomic E-state index is -0.0722. The summed E-state index contributed by atoms with van der Waals surface area (Å²) in [4.78, 5) is 8.05. The van der Waals surface area contributed by atoms with Crippen LogP contribution in [0.3, 0.4) is 0 Å². The number of anilines is 9. The van der Waals surface area contributed by atoms with Crippen molar-refractivity contribution >= 4 is 117 Å². The molecule has 0 radical (unpaired) electrons. The maximum atomic E-state index is 6.92. The number of para-hydroxylation sites is 1. The van der Waals surface area contributed by atoms with Gasteiger partial charge in [-0.15, -0.1) is 11.3 Å². The highest BCUT2D eigenvalue weighted by Gasteiger charge is 2.50. The maximum absolute atomic E-state index is 6.92. The van der Waals surface area contributed by atoms with Crippen molar-refractivity contribution in [2.24, 2.45) is 0 Å². The molecule has 3 aliphatic carbocycles. The molecule has 4 heterocycles. The summed E-state index contributed by atoms with van der Waals surface area (Å²) in [6.07, 6.45) is 6.90. The zero-order chi connectivity index (χ0) is 61.9. The van der Waals surface area contributed by atoms with E-state index >= 15 is 0 Å². The van der Waals surface area contributed by atoms with Gasteiger partial charge in [-0.1, -0.05) is 185 Å². The molecule has 10 aromatic rings. The average Bonchev–Trinajstić information content (AvgIpc) is 1.27. The summed E-state index contributed by atoms with van der Waals surface area (Å²) in [7, 11) is 0. The van der Waals surface area contributed by atoms with Gasteiger partial charge in [0.1, 0.15) is 11.2 Å². The van der Waals surface area contributed by atoms with E-state index in [0.29, 0.717) is 0 Å². The second kappa shape index (κ2) is 18.8. The molecule has 6 heteroatoms. The topological polar surface area (TPSA) is 22.9 Å². The summed E-state index contributed by atoms with van der Waals surface area (Å²) in [5.41, 5.74) is 26.9. The van der Waals surface area contributed by atoms with Crippen LogP contribution in [0.25, 0.3) is 32.0 Å². The van der Waals surface area contributed by atoms with Crippen LogP contribution in [0.4, 0.5) is 51.2 Å². The largest absolute Gasteiger partial charge is 0.456 e. The van der Waals surface area contributed by atoms with E-state index < -0.39 is 0 Å². The van der Waals surface area contributed by atoms with Crippen molar-refractivity contribution in [3.05, 3.63) is 190 Å². The van der Waals surface area contributed by atoms with E-state index in [1.807, 2.05) is 0 Å². The molecule has 448 valence electrons. The zero-order valence-electron chi connectivity index (χ0n) is 55.8. The highest BCUT2D eigenvalue weighted by atomic mass is 32.1. The predicted molar refractivity (Wildman–Crippen MR) is 381 cm³/mol. The Hall–Kier alpha value is -7.02. The van der Waals surface area contributed by atoms with E-state index in [1.165, 1.54) is 105 Å². The van der Waals surface area contributed by atoms with Gasteiger partial charge in [-0.3, -0.25) is 0 Å². The molecule has 0 unspecified atom stereocenters. The summed E-state index contributed by atoms with van der Waals surface area (Å²) in [5, 5.41) is 3.60. The number of fused-ring (bicyclic) bond motifs is 12. The third-order valence-electron chi connectivity index (χ3n) is 22.5. The Morgan fingerprint density at radius 2 is 0.909 bits per heavy atom. The van der Waals surface area contributed by atoms with Gasteiger partial charge in [0.05, 0.1) is 22.4 Å². The number of hydrogen-bond acceptors (Lipinski definition) is 5. The molecule has 0 N–H and O–H groups in total. The molecule has 0 atom stereocenters. The van der Waals surface area contributed by atoms with Gasteiger partial charge in [-0.2, -0.15) is 0 Å². The standard InChI is InChI=1S/C82H90BN3OS/c1-75(2,3)49-26-30-51(31-27-49)84(52-32-28-50(29-33-52)76(4,5)6)54-43-66-72-67(44-54)86(64-23-21-25-69-71(64)55-22-19-20-24-68(55)87-69)73-56-45-59-62(82(17,18)41-38-79(59,11)12)48-70(56)88-74(73)83(72)63-46-60-61(81(15,16)40-39-80(60,13)14)47-65(63)85(66)53-34-35-57-58(42-53)78(9,10)37-36-77(57,7)8/h19-35,42-48H,36-41H2,1-18H3. The minimum Gasteiger partial charge on any atom is -0.456 e. The maximum Gasteiger partial charge on any atom is 0.264 e. The fraction of sp³-hybridized carbons (Fsp3) is 0.390. The molecule has 8 aromatic carbocycles. The molecule has 88 heavy (non-hydrogen) atoms. The Morgan fingerprint density at radius 3 is 1.48 bits per heavy atom. The smallest absolute Gasteiger partial charge is 0.264 e. The van der Waals surface area contributed by atoms with Crippen molar-refractivity contribution in [2.45, 2.75) is 206 Å². The Kier molecular flexibility index (Phi) is 12.3. The molecule has 0 amide bonds. The fourth-order valence-corrected chi connectivity index (χ4v) is 17.9. The Balaban J connectivity index is 1.13. The predicted octanol–water partition coefficient (Wildman–Crippen LogP) is 22.0. The number of hydrogen-bond donors (Lipinski definition) is 0. The molecular weight excluding hydrogens is 1090 g/mol. The molecule has 15 rings (SSSR count). The van der Waals surface area contributed by atoms with Gasteiger partial charge in [-0.05, 0) is 222 Å². The highest BCUT2D eigenvalue weighted by molar-refractivity contribution is 7.33. The van der Waals surface area contributed by atoms with Crippen molar-refractivity contribution in [1.82, 2.24) is 0 Å². The molecule has 2 aromatic heterocycles. The van der Waals surface area contributed by atoms with Crippen molar-refractivity contribution < 1.29 is 4.42 Å². The van der Waals surface area contributed by atoms with Crippen LogP contribution in [0.5, 0.6) is 0 Å². The number of nitrogens with zero attached hydrogens (tertiary/aromatic N) is 3. The van der Waals surface area contributed by atoms with Crippen LogP contribution in [-0.2, 0) is 43.3 Å². The summed E-state index contributed by atoms with van der Waals surface area (Å²) in [6, 6.07) is 58.0. The Labute approximate surface area is 529 Å². The van der Waals surface area contributed by atoms with Gasteiger partial charge in [0.25, 0.3) is 6.71 Å². The molecule has 4 nitrogen and oxygen atoms in total. The SMILES string of the molecule is CC(C)(C)c1ccc(N(c2ccc(C(C)(C)C)cc2)c2cc3c4c(c2)N(c2cccc5oc6ccccc6c25)c2c(sc5cc6c(cc25)C(C)(C)CCC6(C)C)B4c2cc4c(cc2N3c2ccc3c(c2)C(C)(C)CCC3(C)C)C(C)(C)CCC4(C)C)cc1. The summed E-state index contributed by atoms with van der Waals surface area (Å²) >= 11 is 2.05. The molecule has 0 saturated carbocycles. The van der Waals surface area contributed by atoms with E-state index in [-0.39, 0.29) is 50.0 Å². The van der Waals surface area contributed by atoms with Crippen LogP contribution in [0.1, 0.15) is 208 Å². The van der Waals surface area contributed by atoms with E-state index in [1.54, 1.807) is 0 Å². The second-order valence-corrected chi connectivity index (χ2v) is 34.5. The van der Waals surface area contributed by atoms with Crippen molar-refractivity contribution in [3.8, 4) is 0 Å². The van der Waals surface area contributed by atoms with Crippen LogP contribution in [-0.4, -0.2) is 6.71 Å². The lowest BCUT2D eigenvalue weighted by Gasteiger charge is -2.48. The molecule has 5 aliphatic rings. The van der Waals surface area contributed by atoms with E-state index in [4.69, 9.17) is 4.42 Å². The molecule has 0 bridgehead atoms. The van der Waals surface area contributed by atoms with E-state index in [2.05, 4.69) is 296 Å². The van der Waals surface area contributed by atoms with E-state index in [0.717, 1.165) is 76.8 Å². The first-order valence-corrected chi connectivity index (χ1v) is 33.8. The number of thiophene rings is 1. The first kappa shape index (κ1) is 57.4. The summed E-state index contributed by atoms with van der Waals surface area (Å²) < 4.78 is 9.69. The van der Waals surface area contributed by atoms with Crippen LogP contribution >= 0.6 is 11.3 Å². The second-order valence-electron chi connectivity index (χ2n) is 33.4. The molecular formula is C82H90BN3OS. The normalized spacial score (nSPS) is 19.0. The van der Waals surface area contributed by atoms with E-state index in [9.17, 15) is 0 Å². The third-order valence-corrected chi connectivity index (χ3v) is 23.8. The Bertz CT molecular complexity index is 4490. The monoisotopic (exact) mass is 1180 g/mol. The first-order valence-electron chi connectivity index (χ1n) is 33.0. The molecule has 0 saturated heterocycles. The van der Waals surface area contributed by atoms with Crippen LogP contribution in [0.2, 0.25) is 0 Å². The van der Waals surface area contributed by atoms with Gasteiger partial charge in [0.2, 0.25) is 0 Å². The van der Waals surface area contributed by atoms with Gasteiger partial charge >= 0.3 is 0 Å². The van der Waals surface area contributed by atoms with Gasteiger partial charge < -0.3 is 19.1 Å². The highest BCUT2D eigenvalue weighted by Crippen LogP contribution is 2.58. The number of benzene rings is 8. The van der Waals surface area contributed by atoms with Crippen LogP contribution < -0.4 is 30.4 Å². The van der Waals surface area contributed by atoms with Crippen LogP contribution in [0, 0.1) is 0 Å². The lowest BCUT2D eigenvalue weighted by Crippen LogP contribution is -2.61. The fourth-order valence-electron chi connectivity index (χ4n) is 16.6. The third kappa shape index (κ3) is 8.63. The lowest BCUT2D eigenvalue weighted by molar-refractivity contribution is 0.332. The average molecular weight is 1180 g/mol. The number of furan rings is 1.